The maximum Gasteiger partial charge on any atom is 0.152 e. The highest BCUT2D eigenvalue weighted by Crippen LogP contribution is 2.27. The van der Waals surface area contributed by atoms with Gasteiger partial charge in [0.1, 0.15) is 0 Å². The van der Waals surface area contributed by atoms with E-state index in [4.69, 9.17) is 17.3 Å². The predicted octanol–water partition coefficient (Wildman–Crippen LogP) is 3.32. The van der Waals surface area contributed by atoms with Gasteiger partial charge in [-0.2, -0.15) is 0 Å². The zero-order valence-corrected chi connectivity index (χ0v) is 11.3. The number of nitrogen functional groups attached to an aromatic ring is 1. The molecule has 0 spiro atoms. The minimum absolute atomic E-state index is 0.734. The molecule has 0 aliphatic rings. The normalized spacial score (nSPS) is 10.5. The van der Waals surface area contributed by atoms with Gasteiger partial charge in [-0.05, 0) is 30.7 Å². The number of halogens is 1. The molecule has 0 saturated heterocycles. The van der Waals surface area contributed by atoms with E-state index < -0.39 is 0 Å². The molecule has 2 aromatic heterocycles. The predicted molar refractivity (Wildman–Crippen MR) is 74.8 cm³/mol. The van der Waals surface area contributed by atoms with E-state index in [0.29, 0.717) is 0 Å². The second kappa shape index (κ2) is 4.94. The van der Waals surface area contributed by atoms with Crippen molar-refractivity contribution in [2.75, 3.05) is 17.7 Å². The Hall–Kier alpha value is -1.26. The van der Waals surface area contributed by atoms with Crippen molar-refractivity contribution in [1.82, 2.24) is 4.98 Å². The van der Waals surface area contributed by atoms with Crippen LogP contribution in [0.4, 0.5) is 11.5 Å². The van der Waals surface area contributed by atoms with Crippen molar-refractivity contribution in [3.05, 3.63) is 39.2 Å². The van der Waals surface area contributed by atoms with Crippen LogP contribution in [0.2, 0.25) is 4.34 Å². The molecule has 2 aromatic rings. The number of anilines is 2. The molecule has 0 amide bonds. The van der Waals surface area contributed by atoms with Gasteiger partial charge in [0.15, 0.2) is 5.82 Å². The second-order valence-electron chi connectivity index (χ2n) is 3.93. The Morgan fingerprint density at radius 3 is 2.82 bits per heavy atom. The standard InChI is InChI=1S/C12H14ClN3S/c1-8-5-6-15-12(11(8)14)16(2)7-9-3-4-10(13)17-9/h3-6H,7,14H2,1-2H3. The van der Waals surface area contributed by atoms with E-state index in [2.05, 4.69) is 4.98 Å². The summed E-state index contributed by atoms with van der Waals surface area (Å²) in [5.41, 5.74) is 7.80. The molecule has 0 saturated carbocycles. The summed E-state index contributed by atoms with van der Waals surface area (Å²) in [6.45, 7) is 2.74. The highest BCUT2D eigenvalue weighted by atomic mass is 35.5. The van der Waals surface area contributed by atoms with E-state index in [-0.39, 0.29) is 0 Å². The summed E-state index contributed by atoms with van der Waals surface area (Å²) >= 11 is 7.48. The van der Waals surface area contributed by atoms with Crippen molar-refractivity contribution in [3.8, 4) is 0 Å². The van der Waals surface area contributed by atoms with Gasteiger partial charge in [-0.3, -0.25) is 0 Å². The van der Waals surface area contributed by atoms with E-state index in [9.17, 15) is 0 Å². The molecule has 2 heterocycles. The molecule has 0 bridgehead atoms. The first-order valence-electron chi connectivity index (χ1n) is 5.24. The Balaban J connectivity index is 2.20. The van der Waals surface area contributed by atoms with Gasteiger partial charge < -0.3 is 10.6 Å². The van der Waals surface area contributed by atoms with Crippen LogP contribution in [0.25, 0.3) is 0 Å². The fourth-order valence-corrected chi connectivity index (χ4v) is 2.75. The van der Waals surface area contributed by atoms with Crippen LogP contribution in [0.1, 0.15) is 10.4 Å². The van der Waals surface area contributed by atoms with Gasteiger partial charge in [0.25, 0.3) is 0 Å². The maximum atomic E-state index is 6.02. The first-order valence-corrected chi connectivity index (χ1v) is 6.44. The van der Waals surface area contributed by atoms with Crippen molar-refractivity contribution in [3.63, 3.8) is 0 Å². The van der Waals surface area contributed by atoms with Crippen molar-refractivity contribution in [1.29, 1.82) is 0 Å². The van der Waals surface area contributed by atoms with Crippen LogP contribution in [0.3, 0.4) is 0 Å². The van der Waals surface area contributed by atoms with E-state index in [0.717, 1.165) is 27.9 Å². The number of nitrogens with zero attached hydrogens (tertiary/aromatic N) is 2. The van der Waals surface area contributed by atoms with Crippen molar-refractivity contribution < 1.29 is 0 Å². The molecular weight excluding hydrogens is 254 g/mol. The highest BCUT2D eigenvalue weighted by Gasteiger charge is 2.10. The lowest BCUT2D eigenvalue weighted by molar-refractivity contribution is 0.913. The van der Waals surface area contributed by atoms with Gasteiger partial charge in [0.05, 0.1) is 16.6 Å². The number of hydrogen-bond acceptors (Lipinski definition) is 4. The number of nitrogens with two attached hydrogens (primary N) is 1. The zero-order chi connectivity index (χ0) is 12.4. The molecule has 3 nitrogen and oxygen atoms in total. The second-order valence-corrected chi connectivity index (χ2v) is 5.73. The maximum absolute atomic E-state index is 6.02. The number of aromatic nitrogens is 1. The molecule has 0 aromatic carbocycles. The Morgan fingerprint density at radius 2 is 2.18 bits per heavy atom. The lowest BCUT2D eigenvalue weighted by Crippen LogP contribution is -2.18. The van der Waals surface area contributed by atoms with Gasteiger partial charge in [-0.15, -0.1) is 11.3 Å². The van der Waals surface area contributed by atoms with Crippen molar-refractivity contribution in [2.45, 2.75) is 13.5 Å². The molecular formula is C12H14ClN3S. The van der Waals surface area contributed by atoms with Crippen molar-refractivity contribution in [2.24, 2.45) is 0 Å². The Bertz CT molecular complexity index is 524. The summed E-state index contributed by atoms with van der Waals surface area (Å²) in [6.07, 6.45) is 1.78. The first kappa shape index (κ1) is 12.2. The molecule has 0 unspecified atom stereocenters. The van der Waals surface area contributed by atoms with Gasteiger partial charge in [0, 0.05) is 18.1 Å². The molecule has 0 atom stereocenters. The van der Waals surface area contributed by atoms with Gasteiger partial charge in [-0.1, -0.05) is 11.6 Å². The smallest absolute Gasteiger partial charge is 0.152 e. The third-order valence-corrected chi connectivity index (χ3v) is 3.79. The lowest BCUT2D eigenvalue weighted by Gasteiger charge is -2.19. The average Bonchev–Trinajstić information content (AvgIpc) is 2.68. The van der Waals surface area contributed by atoms with Crippen LogP contribution in [0.5, 0.6) is 0 Å². The van der Waals surface area contributed by atoms with Crippen LogP contribution in [-0.4, -0.2) is 12.0 Å². The molecule has 0 fully saturated rings. The summed E-state index contributed by atoms with van der Waals surface area (Å²) in [4.78, 5) is 7.54. The third-order valence-electron chi connectivity index (χ3n) is 2.57. The summed E-state index contributed by atoms with van der Waals surface area (Å²) in [7, 11) is 1.98. The molecule has 0 radical (unpaired) electrons. The van der Waals surface area contributed by atoms with Crippen LogP contribution in [0, 0.1) is 6.92 Å². The summed E-state index contributed by atoms with van der Waals surface area (Å²) in [5.74, 6) is 0.814. The quantitative estimate of drug-likeness (QED) is 0.928. The van der Waals surface area contributed by atoms with Gasteiger partial charge in [-0.25, -0.2) is 4.98 Å². The largest absolute Gasteiger partial charge is 0.396 e. The Labute approximate surface area is 110 Å². The molecule has 2 rings (SSSR count). The molecule has 2 N–H and O–H groups in total. The number of rotatable bonds is 3. The minimum atomic E-state index is 0.734. The molecule has 90 valence electrons. The number of thiophene rings is 1. The Morgan fingerprint density at radius 1 is 1.41 bits per heavy atom. The monoisotopic (exact) mass is 267 g/mol. The Kier molecular flexibility index (Phi) is 3.54. The van der Waals surface area contributed by atoms with Crippen LogP contribution >= 0.6 is 22.9 Å². The van der Waals surface area contributed by atoms with E-state index in [1.807, 2.05) is 37.1 Å². The number of aryl methyl sites for hydroxylation is 1. The van der Waals surface area contributed by atoms with Crippen LogP contribution in [0.15, 0.2) is 24.4 Å². The van der Waals surface area contributed by atoms with Gasteiger partial charge in [0.2, 0.25) is 0 Å². The number of hydrogen-bond donors (Lipinski definition) is 1. The molecule has 0 aliphatic heterocycles. The van der Waals surface area contributed by atoms with Crippen LogP contribution in [-0.2, 0) is 6.54 Å². The van der Waals surface area contributed by atoms with E-state index in [1.165, 1.54) is 4.88 Å². The highest BCUT2D eigenvalue weighted by molar-refractivity contribution is 7.16. The van der Waals surface area contributed by atoms with E-state index >= 15 is 0 Å². The zero-order valence-electron chi connectivity index (χ0n) is 9.77. The van der Waals surface area contributed by atoms with E-state index in [1.54, 1.807) is 17.5 Å². The summed E-state index contributed by atoms with van der Waals surface area (Å²) in [6, 6.07) is 5.84. The summed E-state index contributed by atoms with van der Waals surface area (Å²) < 4.78 is 0.804. The topological polar surface area (TPSA) is 42.2 Å². The summed E-state index contributed by atoms with van der Waals surface area (Å²) in [5, 5.41) is 0. The minimum Gasteiger partial charge on any atom is -0.396 e. The average molecular weight is 268 g/mol. The van der Waals surface area contributed by atoms with Gasteiger partial charge >= 0.3 is 0 Å². The fourth-order valence-electron chi connectivity index (χ4n) is 1.60. The van der Waals surface area contributed by atoms with Crippen LogP contribution < -0.4 is 10.6 Å². The lowest BCUT2D eigenvalue weighted by atomic mass is 10.2. The molecule has 17 heavy (non-hydrogen) atoms. The first-order chi connectivity index (χ1) is 8.08. The number of pyridine rings is 1. The third kappa shape index (κ3) is 2.70. The SMILES string of the molecule is Cc1ccnc(N(C)Cc2ccc(Cl)s2)c1N. The molecule has 0 aliphatic carbocycles. The fraction of sp³-hybridized carbons (Fsp3) is 0.250. The molecule has 5 heteroatoms. The van der Waals surface area contributed by atoms with Crippen molar-refractivity contribution >= 4 is 34.4 Å².